The molecule has 82 valence electrons. The van der Waals surface area contributed by atoms with Crippen LogP contribution in [0.3, 0.4) is 0 Å². The molecule has 16 heavy (non-hydrogen) atoms. The maximum Gasteiger partial charge on any atom is 0.271 e. The zero-order chi connectivity index (χ0) is 11.4. The number of anilines is 1. The average Bonchev–Trinajstić information content (AvgIpc) is 2.32. The van der Waals surface area contributed by atoms with Crippen molar-refractivity contribution in [2.45, 2.75) is 6.54 Å². The van der Waals surface area contributed by atoms with Gasteiger partial charge in [-0.25, -0.2) is 15.0 Å². The predicted molar refractivity (Wildman–Crippen MR) is 59.2 cm³/mol. The van der Waals surface area contributed by atoms with Crippen molar-refractivity contribution in [1.82, 2.24) is 19.9 Å². The lowest BCUT2D eigenvalue weighted by Gasteiger charge is -2.05. The Kier molecular flexibility index (Phi) is 3.11. The van der Waals surface area contributed by atoms with Gasteiger partial charge in [-0.3, -0.25) is 4.79 Å². The summed E-state index contributed by atoms with van der Waals surface area (Å²) < 4.78 is 0. The number of H-pyrrole nitrogens is 1. The first-order chi connectivity index (χ1) is 7.77. The standard InChI is InChI=1S/C9H8ClN5O/c10-7-8(14-5-15-9(7)16)12-3-6-1-2-11-4-13-6/h1-2,4-5H,3H2,(H2,12,14,15,16). The van der Waals surface area contributed by atoms with Gasteiger partial charge in [0, 0.05) is 6.20 Å². The number of aromatic nitrogens is 4. The van der Waals surface area contributed by atoms with Crippen molar-refractivity contribution in [3.8, 4) is 0 Å². The maximum atomic E-state index is 11.2. The van der Waals surface area contributed by atoms with Gasteiger partial charge in [-0.1, -0.05) is 11.6 Å². The molecule has 0 fully saturated rings. The van der Waals surface area contributed by atoms with Crippen molar-refractivity contribution in [2.24, 2.45) is 0 Å². The van der Waals surface area contributed by atoms with Crippen molar-refractivity contribution in [2.75, 3.05) is 5.32 Å². The lowest BCUT2D eigenvalue weighted by atomic mass is 10.4. The Labute approximate surface area is 95.7 Å². The molecular formula is C9H8ClN5O. The molecule has 0 amide bonds. The largest absolute Gasteiger partial charge is 0.363 e. The third kappa shape index (κ3) is 2.34. The number of aromatic amines is 1. The van der Waals surface area contributed by atoms with Crippen molar-refractivity contribution in [1.29, 1.82) is 0 Å². The Bertz CT molecular complexity index is 527. The minimum Gasteiger partial charge on any atom is -0.363 e. The second kappa shape index (κ2) is 4.71. The molecule has 2 aromatic rings. The Hall–Kier alpha value is -1.95. The molecule has 0 aliphatic rings. The Morgan fingerprint density at radius 3 is 3.06 bits per heavy atom. The SMILES string of the molecule is O=c1[nH]cnc(NCc2ccncn2)c1Cl. The molecule has 0 aliphatic carbocycles. The molecule has 0 saturated heterocycles. The smallest absolute Gasteiger partial charge is 0.271 e. The van der Waals surface area contributed by atoms with E-state index in [9.17, 15) is 4.79 Å². The fourth-order valence-corrected chi connectivity index (χ4v) is 1.27. The zero-order valence-electron chi connectivity index (χ0n) is 8.14. The highest BCUT2D eigenvalue weighted by Crippen LogP contribution is 2.12. The Morgan fingerprint density at radius 2 is 2.31 bits per heavy atom. The van der Waals surface area contributed by atoms with E-state index < -0.39 is 0 Å². The second-order valence-electron chi connectivity index (χ2n) is 2.95. The van der Waals surface area contributed by atoms with Crippen LogP contribution in [0.15, 0.2) is 29.7 Å². The molecule has 7 heteroatoms. The van der Waals surface area contributed by atoms with E-state index in [1.165, 1.54) is 12.7 Å². The average molecular weight is 238 g/mol. The van der Waals surface area contributed by atoms with E-state index in [0.717, 1.165) is 5.69 Å². The van der Waals surface area contributed by atoms with Crippen molar-refractivity contribution < 1.29 is 0 Å². The lowest BCUT2D eigenvalue weighted by Crippen LogP contribution is -2.12. The minimum absolute atomic E-state index is 0.0385. The fourth-order valence-electron chi connectivity index (χ4n) is 1.10. The Morgan fingerprint density at radius 1 is 1.44 bits per heavy atom. The van der Waals surface area contributed by atoms with Crippen LogP contribution in [0.5, 0.6) is 0 Å². The summed E-state index contributed by atoms with van der Waals surface area (Å²) in [5.41, 5.74) is 0.412. The normalized spacial score (nSPS) is 10.1. The summed E-state index contributed by atoms with van der Waals surface area (Å²) in [5, 5.41) is 2.96. The summed E-state index contributed by atoms with van der Waals surface area (Å²) in [6, 6.07) is 1.76. The van der Waals surface area contributed by atoms with Gasteiger partial charge in [-0.15, -0.1) is 0 Å². The number of nitrogens with one attached hydrogen (secondary N) is 2. The lowest BCUT2D eigenvalue weighted by molar-refractivity contribution is 0.987. The van der Waals surface area contributed by atoms with E-state index in [-0.39, 0.29) is 10.6 Å². The van der Waals surface area contributed by atoms with Gasteiger partial charge in [0.25, 0.3) is 5.56 Å². The van der Waals surface area contributed by atoms with Crippen LogP contribution in [0.2, 0.25) is 5.02 Å². The fraction of sp³-hybridized carbons (Fsp3) is 0.111. The summed E-state index contributed by atoms with van der Waals surface area (Å²) in [6.45, 7) is 0.429. The van der Waals surface area contributed by atoms with Gasteiger partial charge in [0.1, 0.15) is 11.3 Å². The van der Waals surface area contributed by atoms with Gasteiger partial charge in [0.2, 0.25) is 0 Å². The van der Waals surface area contributed by atoms with E-state index in [0.29, 0.717) is 12.4 Å². The van der Waals surface area contributed by atoms with Crippen LogP contribution in [-0.2, 0) is 6.54 Å². The molecule has 2 N–H and O–H groups in total. The molecule has 0 saturated carbocycles. The van der Waals surface area contributed by atoms with Gasteiger partial charge in [0.05, 0.1) is 18.6 Å². The molecule has 2 heterocycles. The molecule has 0 atom stereocenters. The molecule has 2 aromatic heterocycles. The summed E-state index contributed by atoms with van der Waals surface area (Å²) >= 11 is 5.76. The van der Waals surface area contributed by atoms with Crippen LogP contribution < -0.4 is 10.9 Å². The van der Waals surface area contributed by atoms with E-state index >= 15 is 0 Å². The third-order valence-corrected chi connectivity index (χ3v) is 2.23. The first-order valence-corrected chi connectivity index (χ1v) is 4.87. The number of hydrogen-bond acceptors (Lipinski definition) is 5. The highest BCUT2D eigenvalue weighted by molar-refractivity contribution is 6.32. The summed E-state index contributed by atoms with van der Waals surface area (Å²) in [6.07, 6.45) is 4.37. The first-order valence-electron chi connectivity index (χ1n) is 4.49. The van der Waals surface area contributed by atoms with Gasteiger partial charge in [-0.2, -0.15) is 0 Å². The van der Waals surface area contributed by atoms with E-state index in [4.69, 9.17) is 11.6 Å². The van der Waals surface area contributed by atoms with Crippen molar-refractivity contribution in [3.05, 3.63) is 46.0 Å². The van der Waals surface area contributed by atoms with Crippen LogP contribution in [0.4, 0.5) is 5.82 Å². The topological polar surface area (TPSA) is 83.6 Å². The molecule has 0 bridgehead atoms. The first kappa shape index (κ1) is 10.6. The van der Waals surface area contributed by atoms with Gasteiger partial charge in [-0.05, 0) is 6.07 Å². The molecule has 0 spiro atoms. The third-order valence-electron chi connectivity index (χ3n) is 1.88. The molecule has 0 radical (unpaired) electrons. The minimum atomic E-state index is -0.373. The molecule has 0 aromatic carbocycles. The number of nitrogens with zero attached hydrogens (tertiary/aromatic N) is 3. The van der Waals surface area contributed by atoms with E-state index in [1.807, 2.05) is 0 Å². The number of halogens is 1. The number of hydrogen-bond donors (Lipinski definition) is 2. The molecule has 0 unspecified atom stereocenters. The van der Waals surface area contributed by atoms with Crippen LogP contribution in [-0.4, -0.2) is 19.9 Å². The monoisotopic (exact) mass is 237 g/mol. The number of rotatable bonds is 3. The van der Waals surface area contributed by atoms with Crippen LogP contribution >= 0.6 is 11.6 Å². The molecule has 2 rings (SSSR count). The summed E-state index contributed by atoms with van der Waals surface area (Å²) in [4.78, 5) is 25.3. The van der Waals surface area contributed by atoms with Crippen LogP contribution in [0.1, 0.15) is 5.69 Å². The van der Waals surface area contributed by atoms with Gasteiger partial charge >= 0.3 is 0 Å². The predicted octanol–water partition coefficient (Wildman–Crippen LogP) is 0.825. The molecule has 0 aliphatic heterocycles. The summed E-state index contributed by atoms with van der Waals surface area (Å²) in [7, 11) is 0. The Balaban J connectivity index is 2.11. The van der Waals surface area contributed by atoms with Crippen molar-refractivity contribution >= 4 is 17.4 Å². The highest BCUT2D eigenvalue weighted by Gasteiger charge is 2.04. The van der Waals surface area contributed by atoms with Crippen LogP contribution in [0, 0.1) is 0 Å². The molecule has 6 nitrogen and oxygen atoms in total. The zero-order valence-corrected chi connectivity index (χ0v) is 8.90. The summed E-state index contributed by atoms with van der Waals surface area (Å²) in [5.74, 6) is 0.337. The van der Waals surface area contributed by atoms with E-state index in [2.05, 4.69) is 25.3 Å². The van der Waals surface area contributed by atoms with E-state index in [1.54, 1.807) is 12.3 Å². The second-order valence-corrected chi connectivity index (χ2v) is 3.33. The van der Waals surface area contributed by atoms with Gasteiger partial charge < -0.3 is 10.3 Å². The van der Waals surface area contributed by atoms with Gasteiger partial charge in [0.15, 0.2) is 5.82 Å². The highest BCUT2D eigenvalue weighted by atomic mass is 35.5. The van der Waals surface area contributed by atoms with Crippen molar-refractivity contribution in [3.63, 3.8) is 0 Å². The quantitative estimate of drug-likeness (QED) is 0.826. The van der Waals surface area contributed by atoms with Crippen LogP contribution in [0.25, 0.3) is 0 Å². The molecular weight excluding hydrogens is 230 g/mol. The maximum absolute atomic E-state index is 11.2.